The molecule has 4 aliphatic rings. The molecule has 1 aliphatic heterocycles. The van der Waals surface area contributed by atoms with Gasteiger partial charge >= 0.3 is 0 Å². The monoisotopic (exact) mass is 421 g/mol. The van der Waals surface area contributed by atoms with Crippen LogP contribution < -0.4 is 20.1 Å². The number of allylic oxidation sites excluding steroid dienone is 3. The Labute approximate surface area is 181 Å². The quantitative estimate of drug-likeness (QED) is 0.758. The summed E-state index contributed by atoms with van der Waals surface area (Å²) >= 11 is 0. The molecular formula is C23H27N5O3. The lowest BCUT2D eigenvalue weighted by atomic mass is 9.76. The molecule has 1 saturated heterocycles. The molecule has 0 saturated carbocycles. The van der Waals surface area contributed by atoms with Crippen LogP contribution in [0.5, 0.6) is 11.5 Å². The number of fused-ring (bicyclic) bond motifs is 2. The Balaban J connectivity index is 1.33. The highest BCUT2D eigenvalue weighted by Gasteiger charge is 2.32. The van der Waals surface area contributed by atoms with Gasteiger partial charge in [0.2, 0.25) is 11.9 Å². The predicted molar refractivity (Wildman–Crippen MR) is 119 cm³/mol. The Kier molecular flexibility index (Phi) is 4.92. The molecule has 2 heterocycles. The number of piperazine rings is 1. The molecule has 2 unspecified atom stereocenters. The zero-order valence-corrected chi connectivity index (χ0v) is 17.9. The molecule has 1 amide bonds. The van der Waals surface area contributed by atoms with Gasteiger partial charge in [0.05, 0.1) is 19.7 Å². The van der Waals surface area contributed by atoms with Crippen LogP contribution in [0.25, 0.3) is 10.9 Å². The van der Waals surface area contributed by atoms with Crippen molar-refractivity contribution >= 4 is 28.6 Å². The van der Waals surface area contributed by atoms with Crippen molar-refractivity contribution in [3.8, 4) is 11.5 Å². The van der Waals surface area contributed by atoms with E-state index in [1.54, 1.807) is 20.3 Å². The summed E-state index contributed by atoms with van der Waals surface area (Å²) in [7, 11) is 3.18. The first kappa shape index (κ1) is 19.7. The van der Waals surface area contributed by atoms with Crippen molar-refractivity contribution in [1.29, 1.82) is 0 Å². The van der Waals surface area contributed by atoms with Crippen LogP contribution >= 0.6 is 0 Å². The van der Waals surface area contributed by atoms with E-state index < -0.39 is 0 Å². The largest absolute Gasteiger partial charge is 0.493 e. The molecule has 2 bridgehead atoms. The van der Waals surface area contributed by atoms with Gasteiger partial charge in [0.15, 0.2) is 11.5 Å². The van der Waals surface area contributed by atoms with E-state index in [0.29, 0.717) is 60.9 Å². The highest BCUT2D eigenvalue weighted by atomic mass is 16.5. The highest BCUT2D eigenvalue weighted by Crippen LogP contribution is 2.37. The maximum atomic E-state index is 13.1. The summed E-state index contributed by atoms with van der Waals surface area (Å²) in [5, 5.41) is 0.725. The smallest absolute Gasteiger partial charge is 0.250 e. The lowest BCUT2D eigenvalue weighted by molar-refractivity contribution is -0.128. The second-order valence-corrected chi connectivity index (χ2v) is 8.27. The SMILES string of the molecule is COc1cc2nc(N3CCN(C(=O)C4=CC5C=CC4CC5)CC3)nc(N)c2cc1OC. The van der Waals surface area contributed by atoms with Crippen molar-refractivity contribution in [2.45, 2.75) is 12.8 Å². The normalized spacial score (nSPS) is 22.6. The lowest BCUT2D eigenvalue weighted by Gasteiger charge is -2.38. The lowest BCUT2D eigenvalue weighted by Crippen LogP contribution is -2.50. The second kappa shape index (κ2) is 7.76. The fourth-order valence-corrected chi connectivity index (χ4v) is 4.72. The van der Waals surface area contributed by atoms with Gasteiger partial charge in [0, 0.05) is 49.1 Å². The third-order valence-corrected chi connectivity index (χ3v) is 6.51. The molecule has 2 aromatic rings. The second-order valence-electron chi connectivity index (χ2n) is 8.27. The molecule has 1 aromatic heterocycles. The zero-order chi connectivity index (χ0) is 21.5. The van der Waals surface area contributed by atoms with Crippen LogP contribution in [-0.2, 0) is 4.79 Å². The number of hydrogen-bond donors (Lipinski definition) is 1. The van der Waals surface area contributed by atoms with Crippen LogP contribution in [0.2, 0.25) is 0 Å². The molecule has 2 N–H and O–H groups in total. The summed E-state index contributed by atoms with van der Waals surface area (Å²) in [4.78, 5) is 26.3. The van der Waals surface area contributed by atoms with Crippen molar-refractivity contribution in [3.63, 3.8) is 0 Å². The number of nitrogens with zero attached hydrogens (tertiary/aromatic N) is 4. The fraction of sp³-hybridized carbons (Fsp3) is 0.435. The number of amides is 1. The third kappa shape index (κ3) is 3.45. The van der Waals surface area contributed by atoms with E-state index in [2.05, 4.69) is 28.1 Å². The van der Waals surface area contributed by atoms with E-state index in [0.717, 1.165) is 23.8 Å². The fourth-order valence-electron chi connectivity index (χ4n) is 4.72. The molecule has 8 heteroatoms. The number of nitrogen functional groups attached to an aromatic ring is 1. The first-order chi connectivity index (χ1) is 15.1. The Morgan fingerprint density at radius 2 is 1.77 bits per heavy atom. The minimum Gasteiger partial charge on any atom is -0.493 e. The molecule has 1 fully saturated rings. The number of carbonyl (C=O) groups excluding carboxylic acids is 1. The van der Waals surface area contributed by atoms with Gasteiger partial charge in [-0.25, -0.2) is 4.98 Å². The Bertz CT molecular complexity index is 1090. The average molecular weight is 422 g/mol. The number of carbonyl (C=O) groups is 1. The maximum absolute atomic E-state index is 13.1. The van der Waals surface area contributed by atoms with Crippen LogP contribution in [0.15, 0.2) is 35.9 Å². The minimum atomic E-state index is 0.175. The predicted octanol–water partition coefficient (Wildman–Crippen LogP) is 2.40. The summed E-state index contributed by atoms with van der Waals surface area (Å²) in [5.41, 5.74) is 7.91. The van der Waals surface area contributed by atoms with Gasteiger partial charge in [-0.15, -0.1) is 0 Å². The highest BCUT2D eigenvalue weighted by molar-refractivity contribution is 5.95. The van der Waals surface area contributed by atoms with Crippen LogP contribution in [0, 0.1) is 11.8 Å². The number of rotatable bonds is 4. The molecular weight excluding hydrogens is 394 g/mol. The van der Waals surface area contributed by atoms with E-state index in [-0.39, 0.29) is 11.8 Å². The van der Waals surface area contributed by atoms with Crippen molar-refractivity contribution in [1.82, 2.24) is 14.9 Å². The van der Waals surface area contributed by atoms with E-state index >= 15 is 0 Å². The average Bonchev–Trinajstić information content (AvgIpc) is 2.83. The van der Waals surface area contributed by atoms with Crippen LogP contribution in [0.4, 0.5) is 11.8 Å². The molecule has 2 atom stereocenters. The topological polar surface area (TPSA) is 93.8 Å². The van der Waals surface area contributed by atoms with E-state index in [9.17, 15) is 4.79 Å². The number of aromatic nitrogens is 2. The molecule has 0 radical (unpaired) electrons. The van der Waals surface area contributed by atoms with E-state index in [1.807, 2.05) is 11.0 Å². The Morgan fingerprint density at radius 1 is 1.03 bits per heavy atom. The summed E-state index contributed by atoms with van der Waals surface area (Å²) in [5.74, 6) is 3.04. The van der Waals surface area contributed by atoms with Gasteiger partial charge in [0.1, 0.15) is 5.82 Å². The first-order valence-electron chi connectivity index (χ1n) is 10.7. The summed E-state index contributed by atoms with van der Waals surface area (Å²) in [6.45, 7) is 2.62. The number of ether oxygens (including phenoxy) is 2. The molecule has 1 aromatic carbocycles. The van der Waals surface area contributed by atoms with Crippen LogP contribution in [-0.4, -0.2) is 61.2 Å². The van der Waals surface area contributed by atoms with Gasteiger partial charge in [-0.05, 0) is 24.8 Å². The number of nitrogens with two attached hydrogens (primary N) is 1. The minimum absolute atomic E-state index is 0.175. The molecule has 3 aliphatic carbocycles. The standard InChI is InChI=1S/C23H27N5O3/c1-30-19-12-17-18(13-20(19)31-2)25-23(26-21(17)24)28-9-7-27(8-10-28)22(29)16-11-14-3-5-15(16)6-4-14/h3,5,11-15H,4,6-10H2,1-2H3,(H2,24,25,26). The van der Waals surface area contributed by atoms with Crippen molar-refractivity contribution in [2.75, 3.05) is 51.0 Å². The van der Waals surface area contributed by atoms with Crippen molar-refractivity contribution in [3.05, 3.63) is 35.9 Å². The first-order valence-corrected chi connectivity index (χ1v) is 10.7. The van der Waals surface area contributed by atoms with Gasteiger partial charge in [-0.2, -0.15) is 4.98 Å². The summed E-state index contributed by atoms with van der Waals surface area (Å²) < 4.78 is 10.8. The Morgan fingerprint density at radius 3 is 2.39 bits per heavy atom. The summed E-state index contributed by atoms with van der Waals surface area (Å²) in [6.07, 6.45) is 8.83. The van der Waals surface area contributed by atoms with Gasteiger partial charge < -0.3 is 25.0 Å². The third-order valence-electron chi connectivity index (χ3n) is 6.51. The number of benzene rings is 1. The maximum Gasteiger partial charge on any atom is 0.250 e. The molecule has 31 heavy (non-hydrogen) atoms. The van der Waals surface area contributed by atoms with Crippen molar-refractivity contribution < 1.29 is 14.3 Å². The molecule has 6 rings (SSSR count). The molecule has 8 nitrogen and oxygen atoms in total. The van der Waals surface area contributed by atoms with Gasteiger partial charge in [0.25, 0.3) is 0 Å². The van der Waals surface area contributed by atoms with Crippen LogP contribution in [0.3, 0.4) is 0 Å². The summed E-state index contributed by atoms with van der Waals surface area (Å²) in [6, 6.07) is 3.61. The van der Waals surface area contributed by atoms with Crippen LogP contribution in [0.1, 0.15) is 12.8 Å². The number of hydrogen-bond acceptors (Lipinski definition) is 7. The molecule has 162 valence electrons. The number of anilines is 2. The van der Waals surface area contributed by atoms with E-state index in [4.69, 9.17) is 20.2 Å². The number of methoxy groups -OCH3 is 2. The zero-order valence-electron chi connectivity index (χ0n) is 17.9. The Hall–Kier alpha value is -3.29. The van der Waals surface area contributed by atoms with E-state index in [1.165, 1.54) is 0 Å². The molecule has 0 spiro atoms. The van der Waals surface area contributed by atoms with Gasteiger partial charge in [-0.1, -0.05) is 18.2 Å². The van der Waals surface area contributed by atoms with Crippen molar-refractivity contribution in [2.24, 2.45) is 11.8 Å². The van der Waals surface area contributed by atoms with Gasteiger partial charge in [-0.3, -0.25) is 4.79 Å².